The van der Waals surface area contributed by atoms with Gasteiger partial charge in [-0.05, 0) is 73.5 Å². The second-order valence-electron chi connectivity index (χ2n) is 13.1. The Morgan fingerprint density at radius 2 is 1.16 bits per heavy atom. The summed E-state index contributed by atoms with van der Waals surface area (Å²) in [6.07, 6.45) is 9.45. The number of nitrogens with zero attached hydrogens (tertiary/aromatic N) is 9. The fourth-order valence-electron chi connectivity index (χ4n) is 5.74. The molecule has 8 aromatic rings. The lowest BCUT2D eigenvalue weighted by molar-refractivity contribution is -0.0000165. The van der Waals surface area contributed by atoms with E-state index in [1.807, 2.05) is 73.1 Å². The van der Waals surface area contributed by atoms with E-state index in [1.165, 1.54) is 54.4 Å². The number of anilines is 2. The van der Waals surface area contributed by atoms with Crippen LogP contribution >= 0.6 is 0 Å². The van der Waals surface area contributed by atoms with Gasteiger partial charge in [0.2, 0.25) is 0 Å². The maximum atomic E-state index is 14.5. The number of urea groups is 1. The number of fused-ring (bicyclic) bond motifs is 2. The van der Waals surface area contributed by atoms with Crippen molar-refractivity contribution in [3.05, 3.63) is 133 Å². The fourth-order valence-corrected chi connectivity index (χ4v) is 5.74. The lowest BCUT2D eigenvalue weighted by atomic mass is 10.1. The summed E-state index contributed by atoms with van der Waals surface area (Å²) in [5, 5.41) is 14.6. The Balaban J connectivity index is 0.000000176. The number of benzene rings is 4. The van der Waals surface area contributed by atoms with Gasteiger partial charge < -0.3 is 45.2 Å². The number of nitrogen functional groups attached to an aromatic ring is 1. The van der Waals surface area contributed by atoms with Crippen LogP contribution < -0.4 is 40.3 Å². The number of hydrogen-bond acceptors (Lipinski definition) is 9. The van der Waals surface area contributed by atoms with E-state index in [0.717, 1.165) is 41.8 Å². The molecular weight excluding hydrogens is 853 g/mol. The van der Waals surface area contributed by atoms with E-state index in [1.54, 1.807) is 27.9 Å². The highest BCUT2D eigenvalue weighted by atomic mass is 127. The number of hydrogen-bond donors (Lipinski definition) is 3. The van der Waals surface area contributed by atoms with Crippen molar-refractivity contribution in [2.45, 2.75) is 20.3 Å². The molecule has 10 rings (SSSR count). The Morgan fingerprint density at radius 3 is 1.62 bits per heavy atom. The minimum Gasteiger partial charge on any atom is -1.00 e. The summed E-state index contributed by atoms with van der Waals surface area (Å²) in [5.74, 6) is 0.355. The number of amides is 2. The monoisotopic (exact) mass is 893 g/mol. The highest BCUT2D eigenvalue weighted by Gasteiger charge is 2.21. The fraction of sp³-hybridized carbons (Fsp3) is 0.167. The van der Waals surface area contributed by atoms with Crippen LogP contribution in [0.15, 0.2) is 122 Å². The Morgan fingerprint density at radius 1 is 0.672 bits per heavy atom. The van der Waals surface area contributed by atoms with Gasteiger partial charge in [0.25, 0.3) is 11.6 Å². The highest BCUT2D eigenvalue weighted by Crippen LogP contribution is 2.26. The molecule has 0 atom stereocenters. The largest absolute Gasteiger partial charge is 1.00 e. The third-order valence-electron chi connectivity index (χ3n) is 9.14. The SMILES string of the molecule is C.C1CNC1.Nc1ccc(F)c(-c2nc3ncc(-c4ccccc4)cn3n2)c1.O=C(Nc1ccc(F)c(-c2nc3ncc(-c4ccccc4)cn3n2)c1)N1CCC1.[I-]. The molecule has 2 amide bonds. The van der Waals surface area contributed by atoms with Crippen molar-refractivity contribution in [2.24, 2.45) is 0 Å². The molecule has 2 fully saturated rings. The molecule has 0 spiro atoms. The first-order valence-corrected chi connectivity index (χ1v) is 18.1. The van der Waals surface area contributed by atoms with Gasteiger partial charge in [-0.2, -0.15) is 9.97 Å². The first kappa shape index (κ1) is 41.2. The molecule has 4 N–H and O–H groups in total. The van der Waals surface area contributed by atoms with Crippen molar-refractivity contribution in [3.63, 3.8) is 0 Å². The molecule has 2 aliphatic rings. The quantitative estimate of drug-likeness (QED) is 0.166. The highest BCUT2D eigenvalue weighted by molar-refractivity contribution is 5.90. The van der Waals surface area contributed by atoms with Crippen LogP contribution in [0.3, 0.4) is 0 Å². The Bertz CT molecular complexity index is 2630. The van der Waals surface area contributed by atoms with Gasteiger partial charge in [0.1, 0.15) is 11.6 Å². The molecule has 4 aromatic carbocycles. The number of aromatic nitrogens is 8. The van der Waals surface area contributed by atoms with Crippen molar-refractivity contribution in [1.29, 1.82) is 0 Å². The molecule has 2 saturated heterocycles. The van der Waals surface area contributed by atoms with E-state index in [2.05, 4.69) is 40.8 Å². The van der Waals surface area contributed by atoms with Gasteiger partial charge in [-0.25, -0.2) is 32.6 Å². The molecule has 0 unspecified atom stereocenters. The average Bonchev–Trinajstić information content (AvgIpc) is 3.80. The predicted molar refractivity (Wildman–Crippen MR) is 217 cm³/mol. The molecule has 4 aromatic heterocycles. The second-order valence-corrected chi connectivity index (χ2v) is 13.1. The van der Waals surface area contributed by atoms with Crippen LogP contribution in [-0.4, -0.2) is 76.3 Å². The van der Waals surface area contributed by atoms with E-state index in [9.17, 15) is 13.6 Å². The van der Waals surface area contributed by atoms with E-state index in [-0.39, 0.29) is 60.2 Å². The van der Waals surface area contributed by atoms with Crippen molar-refractivity contribution < 1.29 is 37.6 Å². The Labute approximate surface area is 350 Å². The van der Waals surface area contributed by atoms with Crippen LogP contribution in [0.25, 0.3) is 56.6 Å². The lowest BCUT2D eigenvalue weighted by Crippen LogP contribution is -3.00. The number of nitrogens with two attached hydrogens (primary N) is 1. The number of halogens is 3. The number of likely N-dealkylation sites (tertiary alicyclic amines) is 1. The van der Waals surface area contributed by atoms with Crippen molar-refractivity contribution in [1.82, 2.24) is 49.4 Å². The van der Waals surface area contributed by atoms with Crippen LogP contribution in [-0.2, 0) is 0 Å². The summed E-state index contributed by atoms with van der Waals surface area (Å²) in [6, 6.07) is 28.1. The van der Waals surface area contributed by atoms with Crippen LogP contribution in [0, 0.1) is 11.6 Å². The molecule has 0 radical (unpaired) electrons. The minimum absolute atomic E-state index is 0. The molecule has 58 heavy (non-hydrogen) atoms. The second kappa shape index (κ2) is 18.7. The average molecular weight is 894 g/mol. The van der Waals surface area contributed by atoms with Gasteiger partial charge in [-0.3, -0.25) is 0 Å². The van der Waals surface area contributed by atoms with E-state index in [0.29, 0.717) is 22.9 Å². The van der Waals surface area contributed by atoms with Crippen LogP contribution in [0.5, 0.6) is 0 Å². The van der Waals surface area contributed by atoms with Crippen molar-refractivity contribution >= 4 is 29.0 Å². The number of carbonyl (C=O) groups is 1. The summed E-state index contributed by atoms with van der Waals surface area (Å²) in [4.78, 5) is 31.0. The molecule has 0 bridgehead atoms. The number of nitrogens with one attached hydrogen (secondary N) is 2. The zero-order chi connectivity index (χ0) is 38.4. The maximum Gasteiger partial charge on any atom is 0.321 e. The molecule has 0 aliphatic carbocycles. The summed E-state index contributed by atoms with van der Waals surface area (Å²) in [5.41, 5.74) is 10.9. The van der Waals surface area contributed by atoms with Gasteiger partial charge in [-0.15, -0.1) is 10.2 Å². The molecule has 2 aliphatic heterocycles. The van der Waals surface area contributed by atoms with Gasteiger partial charge in [-0.1, -0.05) is 68.1 Å². The van der Waals surface area contributed by atoms with Gasteiger partial charge in [0, 0.05) is 60.4 Å². The maximum absolute atomic E-state index is 14.5. The summed E-state index contributed by atoms with van der Waals surface area (Å²) in [6.45, 7) is 3.98. The van der Waals surface area contributed by atoms with Crippen molar-refractivity contribution in [2.75, 3.05) is 37.2 Å². The molecule has 13 nitrogen and oxygen atoms in total. The molecule has 296 valence electrons. The van der Waals surface area contributed by atoms with Crippen LogP contribution in [0.2, 0.25) is 0 Å². The number of carbonyl (C=O) groups excluding carboxylic acids is 1. The lowest BCUT2D eigenvalue weighted by Gasteiger charge is -2.30. The number of rotatable bonds is 5. The normalized spacial score (nSPS) is 12.7. The summed E-state index contributed by atoms with van der Waals surface area (Å²) in [7, 11) is 0. The topological polar surface area (TPSA) is 157 Å². The zero-order valence-corrected chi connectivity index (χ0v) is 32.6. The van der Waals surface area contributed by atoms with Crippen LogP contribution in [0.4, 0.5) is 25.0 Å². The summed E-state index contributed by atoms with van der Waals surface area (Å²) >= 11 is 0. The van der Waals surface area contributed by atoms with E-state index < -0.39 is 11.6 Å². The smallest absolute Gasteiger partial charge is 0.321 e. The van der Waals surface area contributed by atoms with Gasteiger partial charge in [0.15, 0.2) is 11.6 Å². The third kappa shape index (κ3) is 9.41. The molecule has 16 heteroatoms. The minimum atomic E-state index is -0.467. The molecule has 0 saturated carbocycles. The predicted octanol–water partition coefficient (Wildman–Crippen LogP) is 4.63. The Kier molecular flexibility index (Phi) is 13.3. The standard InChI is InChI=1S/C21H17FN6O.C17H12FN5.C3H7N.CH4.HI/c22-18-8-7-16(24-21(29)27-9-4-10-27)11-17(18)19-25-20-23-12-15(13-28(20)26-19)14-5-2-1-3-6-14;18-15-7-6-13(19)8-14(15)16-21-17-20-9-12(10-23(17)22-16)11-4-2-1-3-5-11;1-2-4-3-1;;/h1-3,5-8,11-13H,4,9-10H2,(H,24,29);1-10H,19H2;4H,1-3H2;1H4;1H/p-1. The van der Waals surface area contributed by atoms with E-state index in [4.69, 9.17) is 5.73 Å². The van der Waals surface area contributed by atoms with Gasteiger partial charge >= 0.3 is 6.03 Å². The van der Waals surface area contributed by atoms with E-state index >= 15 is 0 Å². The van der Waals surface area contributed by atoms with Gasteiger partial charge in [0.05, 0.1) is 11.1 Å². The zero-order valence-electron chi connectivity index (χ0n) is 30.4. The summed E-state index contributed by atoms with van der Waals surface area (Å²) < 4.78 is 31.5. The third-order valence-corrected chi connectivity index (χ3v) is 9.14. The first-order chi connectivity index (χ1) is 27.4. The van der Waals surface area contributed by atoms with Crippen LogP contribution in [0.1, 0.15) is 20.3 Å². The van der Waals surface area contributed by atoms with Crippen molar-refractivity contribution in [3.8, 4) is 45.0 Å². The molecule has 6 heterocycles. The first-order valence-electron chi connectivity index (χ1n) is 18.1. The molecular formula is C42H40F2IN12O-. The Hall–Kier alpha value is -6.40.